The Labute approximate surface area is 122 Å². The standard InChI is InChI=1S/C14H18N2OS2/c1-9-6-10(2)8-12(7-9)17-4-5-18-13-11(3)16-14(15)19-13/h6-8H,4-5H2,1-3H3,(H2,15,16). The second kappa shape index (κ2) is 6.30. The number of hydrogen-bond acceptors (Lipinski definition) is 5. The van der Waals surface area contributed by atoms with Crippen molar-refractivity contribution in [2.75, 3.05) is 18.1 Å². The highest BCUT2D eigenvalue weighted by Crippen LogP contribution is 2.30. The first-order chi connectivity index (χ1) is 9.04. The van der Waals surface area contributed by atoms with Crippen molar-refractivity contribution in [3.05, 3.63) is 35.0 Å². The second-order valence-electron chi connectivity index (χ2n) is 4.45. The molecule has 19 heavy (non-hydrogen) atoms. The number of nitrogen functional groups attached to an aromatic ring is 1. The number of nitrogens with two attached hydrogens (primary N) is 1. The Morgan fingerprint density at radius 3 is 2.47 bits per heavy atom. The number of thiazole rings is 1. The lowest BCUT2D eigenvalue weighted by Crippen LogP contribution is -2.00. The number of anilines is 1. The van der Waals surface area contributed by atoms with E-state index in [2.05, 4.69) is 37.0 Å². The van der Waals surface area contributed by atoms with Crippen LogP contribution in [0.2, 0.25) is 0 Å². The van der Waals surface area contributed by atoms with Gasteiger partial charge in [-0.2, -0.15) is 0 Å². The summed E-state index contributed by atoms with van der Waals surface area (Å²) in [7, 11) is 0. The van der Waals surface area contributed by atoms with Crippen LogP contribution in [0.3, 0.4) is 0 Å². The highest BCUT2D eigenvalue weighted by atomic mass is 32.2. The monoisotopic (exact) mass is 294 g/mol. The van der Waals surface area contributed by atoms with E-state index in [0.717, 1.165) is 17.2 Å². The van der Waals surface area contributed by atoms with Crippen LogP contribution in [0.25, 0.3) is 0 Å². The van der Waals surface area contributed by atoms with Gasteiger partial charge in [0.25, 0.3) is 0 Å². The van der Waals surface area contributed by atoms with E-state index >= 15 is 0 Å². The molecule has 0 unspecified atom stereocenters. The molecule has 0 bridgehead atoms. The Bertz CT molecular complexity index is 546. The molecule has 2 N–H and O–H groups in total. The third-order valence-corrected chi connectivity index (χ3v) is 4.86. The van der Waals surface area contributed by atoms with Crippen LogP contribution >= 0.6 is 23.1 Å². The highest BCUT2D eigenvalue weighted by Gasteiger charge is 2.05. The minimum absolute atomic E-state index is 0.634. The fourth-order valence-electron chi connectivity index (χ4n) is 1.85. The third-order valence-electron chi connectivity index (χ3n) is 2.55. The molecule has 102 valence electrons. The number of benzene rings is 1. The Hall–Kier alpha value is -1.20. The molecule has 2 rings (SSSR count). The zero-order valence-electron chi connectivity index (χ0n) is 11.4. The first kappa shape index (κ1) is 14.2. The lowest BCUT2D eigenvalue weighted by molar-refractivity contribution is 0.343. The van der Waals surface area contributed by atoms with Gasteiger partial charge in [-0.25, -0.2) is 4.98 Å². The van der Waals surface area contributed by atoms with E-state index in [1.165, 1.54) is 26.7 Å². The summed E-state index contributed by atoms with van der Waals surface area (Å²) in [5.41, 5.74) is 9.14. The number of nitrogens with zero attached hydrogens (tertiary/aromatic N) is 1. The fourth-order valence-corrected chi connectivity index (χ4v) is 3.76. The Balaban J connectivity index is 1.82. The maximum Gasteiger partial charge on any atom is 0.181 e. The van der Waals surface area contributed by atoms with Gasteiger partial charge in [0.2, 0.25) is 0 Å². The molecule has 2 aromatic rings. The van der Waals surface area contributed by atoms with E-state index in [1.54, 1.807) is 11.8 Å². The molecule has 1 aromatic carbocycles. The first-order valence-corrected chi connectivity index (χ1v) is 7.91. The van der Waals surface area contributed by atoms with Crippen LogP contribution in [-0.2, 0) is 0 Å². The summed E-state index contributed by atoms with van der Waals surface area (Å²) in [6.07, 6.45) is 0. The van der Waals surface area contributed by atoms with Crippen molar-refractivity contribution < 1.29 is 4.74 Å². The van der Waals surface area contributed by atoms with Crippen LogP contribution in [-0.4, -0.2) is 17.3 Å². The van der Waals surface area contributed by atoms with Gasteiger partial charge in [0, 0.05) is 5.75 Å². The summed E-state index contributed by atoms with van der Waals surface area (Å²) >= 11 is 3.29. The van der Waals surface area contributed by atoms with Crippen molar-refractivity contribution in [2.45, 2.75) is 25.0 Å². The first-order valence-electron chi connectivity index (χ1n) is 6.11. The number of ether oxygens (including phenoxy) is 1. The van der Waals surface area contributed by atoms with Crippen LogP contribution in [0.15, 0.2) is 22.4 Å². The van der Waals surface area contributed by atoms with Crippen LogP contribution in [0, 0.1) is 20.8 Å². The highest BCUT2D eigenvalue weighted by molar-refractivity contribution is 8.01. The lowest BCUT2D eigenvalue weighted by Gasteiger charge is -2.07. The lowest BCUT2D eigenvalue weighted by atomic mass is 10.1. The van der Waals surface area contributed by atoms with Crippen molar-refractivity contribution in [1.29, 1.82) is 0 Å². The van der Waals surface area contributed by atoms with Crippen LogP contribution in [0.4, 0.5) is 5.13 Å². The molecule has 0 spiro atoms. The number of aromatic nitrogens is 1. The predicted molar refractivity (Wildman–Crippen MR) is 83.4 cm³/mol. The summed E-state index contributed by atoms with van der Waals surface area (Å²) in [5.74, 6) is 1.84. The molecular formula is C14H18N2OS2. The predicted octanol–water partition coefficient (Wildman–Crippen LogP) is 3.82. The van der Waals surface area contributed by atoms with Crippen molar-refractivity contribution in [3.63, 3.8) is 0 Å². The minimum Gasteiger partial charge on any atom is -0.493 e. The van der Waals surface area contributed by atoms with Crippen LogP contribution in [0.1, 0.15) is 16.8 Å². The third kappa shape index (κ3) is 4.14. The van der Waals surface area contributed by atoms with Crippen molar-refractivity contribution in [1.82, 2.24) is 4.98 Å². The molecule has 1 aromatic heterocycles. The number of thioether (sulfide) groups is 1. The fraction of sp³-hybridized carbons (Fsp3) is 0.357. The molecule has 0 aliphatic carbocycles. The maximum absolute atomic E-state index is 5.77. The van der Waals surface area contributed by atoms with E-state index in [0.29, 0.717) is 11.7 Å². The van der Waals surface area contributed by atoms with Gasteiger partial charge in [-0.05, 0) is 44.0 Å². The van der Waals surface area contributed by atoms with Crippen LogP contribution in [0.5, 0.6) is 5.75 Å². The minimum atomic E-state index is 0.634. The summed E-state index contributed by atoms with van der Waals surface area (Å²) in [6, 6.07) is 6.27. The molecule has 0 fully saturated rings. The van der Waals surface area contributed by atoms with Gasteiger partial charge in [0.1, 0.15) is 5.75 Å². The average molecular weight is 294 g/mol. The van der Waals surface area contributed by atoms with E-state index in [1.807, 2.05) is 6.92 Å². The molecule has 0 saturated heterocycles. The molecule has 0 amide bonds. The van der Waals surface area contributed by atoms with E-state index in [4.69, 9.17) is 10.5 Å². The molecule has 3 nitrogen and oxygen atoms in total. The van der Waals surface area contributed by atoms with Crippen molar-refractivity contribution >= 4 is 28.2 Å². The normalized spacial score (nSPS) is 10.7. The van der Waals surface area contributed by atoms with Gasteiger partial charge < -0.3 is 10.5 Å². The quantitative estimate of drug-likeness (QED) is 0.672. The zero-order chi connectivity index (χ0) is 13.8. The Morgan fingerprint density at radius 1 is 1.21 bits per heavy atom. The molecule has 0 radical (unpaired) electrons. The summed E-state index contributed by atoms with van der Waals surface area (Å²) in [4.78, 5) is 4.21. The van der Waals surface area contributed by atoms with Gasteiger partial charge in [0.15, 0.2) is 5.13 Å². The van der Waals surface area contributed by atoms with Crippen LogP contribution < -0.4 is 10.5 Å². The SMILES string of the molecule is Cc1cc(C)cc(OCCSc2sc(N)nc2C)c1. The van der Waals surface area contributed by atoms with E-state index in [9.17, 15) is 0 Å². The summed E-state index contributed by atoms with van der Waals surface area (Å²) < 4.78 is 6.95. The molecule has 0 aliphatic heterocycles. The van der Waals surface area contributed by atoms with Gasteiger partial charge in [0.05, 0.1) is 16.5 Å². The number of aryl methyl sites for hydroxylation is 3. The van der Waals surface area contributed by atoms with E-state index in [-0.39, 0.29) is 0 Å². The Morgan fingerprint density at radius 2 is 1.89 bits per heavy atom. The molecule has 0 atom stereocenters. The van der Waals surface area contributed by atoms with Gasteiger partial charge in [-0.15, -0.1) is 11.8 Å². The van der Waals surface area contributed by atoms with Gasteiger partial charge in [-0.3, -0.25) is 0 Å². The Kier molecular flexibility index (Phi) is 4.71. The molecular weight excluding hydrogens is 276 g/mol. The van der Waals surface area contributed by atoms with Gasteiger partial charge in [-0.1, -0.05) is 17.4 Å². The van der Waals surface area contributed by atoms with Crippen molar-refractivity contribution in [2.24, 2.45) is 0 Å². The zero-order valence-corrected chi connectivity index (χ0v) is 13.0. The average Bonchev–Trinajstić information content (AvgIpc) is 2.62. The smallest absolute Gasteiger partial charge is 0.181 e. The second-order valence-corrected chi connectivity index (χ2v) is 6.84. The molecule has 5 heteroatoms. The largest absolute Gasteiger partial charge is 0.493 e. The van der Waals surface area contributed by atoms with Gasteiger partial charge >= 0.3 is 0 Å². The maximum atomic E-state index is 5.77. The van der Waals surface area contributed by atoms with Crippen molar-refractivity contribution in [3.8, 4) is 5.75 Å². The number of hydrogen-bond donors (Lipinski definition) is 1. The summed E-state index contributed by atoms with van der Waals surface area (Å²) in [6.45, 7) is 6.83. The van der Waals surface area contributed by atoms with E-state index < -0.39 is 0 Å². The number of rotatable bonds is 5. The molecule has 0 saturated carbocycles. The molecule has 0 aliphatic rings. The molecule has 1 heterocycles. The summed E-state index contributed by atoms with van der Waals surface area (Å²) in [5, 5.41) is 0.634. The topological polar surface area (TPSA) is 48.1 Å².